The maximum Gasteiger partial charge on any atom is 0.276 e. The second-order valence-electron chi connectivity index (χ2n) is 8.28. The maximum absolute atomic E-state index is 14.7. The molecule has 0 saturated carbocycles. The van der Waals surface area contributed by atoms with Gasteiger partial charge < -0.3 is 10.2 Å². The highest BCUT2D eigenvalue weighted by molar-refractivity contribution is 6.11. The van der Waals surface area contributed by atoms with E-state index in [2.05, 4.69) is 10.4 Å². The van der Waals surface area contributed by atoms with Crippen molar-refractivity contribution in [3.05, 3.63) is 100.0 Å². The number of carbonyl (C=O) groups is 1. The summed E-state index contributed by atoms with van der Waals surface area (Å²) < 4.78 is 30.7. The van der Waals surface area contributed by atoms with E-state index in [1.165, 1.54) is 4.68 Å². The highest BCUT2D eigenvalue weighted by atomic mass is 19.1. The first-order chi connectivity index (χ1) is 16.5. The topological polar surface area (TPSA) is 67.2 Å². The molecule has 2 heterocycles. The second kappa shape index (κ2) is 9.05. The number of anilines is 2. The van der Waals surface area contributed by atoms with Crippen LogP contribution in [-0.4, -0.2) is 28.8 Å². The van der Waals surface area contributed by atoms with Crippen molar-refractivity contribution >= 4 is 28.1 Å². The van der Waals surface area contributed by atoms with Gasteiger partial charge in [-0.15, -0.1) is 0 Å². The van der Waals surface area contributed by atoms with Crippen LogP contribution >= 0.6 is 0 Å². The number of hydrogen-bond donors (Lipinski definition) is 1. The molecule has 6 nitrogen and oxygen atoms in total. The molecular formula is C26H22F2N4O2. The van der Waals surface area contributed by atoms with Crippen molar-refractivity contribution in [1.82, 2.24) is 9.78 Å². The normalized spacial score (nSPS) is 13.4. The number of rotatable bonds is 5. The van der Waals surface area contributed by atoms with E-state index in [1.54, 1.807) is 29.2 Å². The first-order valence-corrected chi connectivity index (χ1v) is 11.1. The first-order valence-electron chi connectivity index (χ1n) is 11.1. The van der Waals surface area contributed by atoms with Gasteiger partial charge in [0.1, 0.15) is 5.69 Å². The van der Waals surface area contributed by atoms with Gasteiger partial charge in [0.05, 0.1) is 11.9 Å². The smallest absolute Gasteiger partial charge is 0.276 e. The van der Waals surface area contributed by atoms with Gasteiger partial charge in [-0.25, -0.2) is 13.5 Å². The Balaban J connectivity index is 1.51. The van der Waals surface area contributed by atoms with Crippen LogP contribution in [-0.2, 0) is 6.54 Å². The summed E-state index contributed by atoms with van der Waals surface area (Å²) in [6, 6.07) is 18.2. The van der Waals surface area contributed by atoms with E-state index < -0.39 is 17.5 Å². The Morgan fingerprint density at radius 1 is 0.912 bits per heavy atom. The van der Waals surface area contributed by atoms with E-state index >= 15 is 0 Å². The Bertz CT molecular complexity index is 1410. The summed E-state index contributed by atoms with van der Waals surface area (Å²) in [5, 5.41) is 7.56. The van der Waals surface area contributed by atoms with Crippen LogP contribution in [0.5, 0.6) is 0 Å². The fraction of sp³-hybridized carbons (Fsp3) is 0.192. The highest BCUT2D eigenvalue weighted by Gasteiger charge is 2.23. The first kappa shape index (κ1) is 21.8. The van der Waals surface area contributed by atoms with Crippen LogP contribution < -0.4 is 15.8 Å². The molecule has 1 fully saturated rings. The van der Waals surface area contributed by atoms with Crippen LogP contribution in [0.4, 0.5) is 20.2 Å². The van der Waals surface area contributed by atoms with Gasteiger partial charge in [0, 0.05) is 24.2 Å². The molecule has 0 unspecified atom stereocenters. The summed E-state index contributed by atoms with van der Waals surface area (Å²) in [4.78, 5) is 27.8. The predicted molar refractivity (Wildman–Crippen MR) is 127 cm³/mol. The zero-order valence-corrected chi connectivity index (χ0v) is 18.3. The fourth-order valence-corrected chi connectivity index (χ4v) is 4.34. The SMILES string of the molecule is O=C(Nc1cc(F)c(N2CCCC2)c(F)c1)c1nn(Cc2ccccc2)c(=O)c2ccccc12. The van der Waals surface area contributed by atoms with Crippen LogP contribution in [0.1, 0.15) is 28.9 Å². The molecule has 0 radical (unpaired) electrons. The maximum atomic E-state index is 14.7. The van der Waals surface area contributed by atoms with Crippen molar-refractivity contribution in [2.75, 3.05) is 23.3 Å². The minimum Gasteiger partial charge on any atom is -0.367 e. The van der Waals surface area contributed by atoms with Crippen LogP contribution in [0.15, 0.2) is 71.5 Å². The summed E-state index contributed by atoms with van der Waals surface area (Å²) >= 11 is 0. The molecule has 3 aromatic carbocycles. The van der Waals surface area contributed by atoms with Gasteiger partial charge >= 0.3 is 0 Å². The van der Waals surface area contributed by atoms with Crippen molar-refractivity contribution < 1.29 is 13.6 Å². The van der Waals surface area contributed by atoms with Crippen LogP contribution in [0.25, 0.3) is 10.8 Å². The van der Waals surface area contributed by atoms with Crippen molar-refractivity contribution in [3.8, 4) is 0 Å². The summed E-state index contributed by atoms with van der Waals surface area (Å²) in [5.41, 5.74) is 0.420. The standard InChI is InChI=1S/C26H22F2N4O2/c27-21-14-18(15-22(28)24(21)31-12-6-7-13-31)29-25(33)23-19-10-4-5-11-20(19)26(34)32(30-23)16-17-8-2-1-3-9-17/h1-5,8-11,14-15H,6-7,12-13,16H2,(H,29,33). The van der Waals surface area contributed by atoms with Gasteiger partial charge in [-0.05, 0) is 36.6 Å². The quantitative estimate of drug-likeness (QED) is 0.474. The number of aromatic nitrogens is 2. The van der Waals surface area contributed by atoms with E-state index in [0.29, 0.717) is 23.9 Å². The molecule has 172 valence electrons. The third kappa shape index (κ3) is 4.14. The molecule has 1 amide bonds. The Hall–Kier alpha value is -4.07. The number of halogens is 2. The lowest BCUT2D eigenvalue weighted by atomic mass is 10.1. The molecule has 8 heteroatoms. The van der Waals surface area contributed by atoms with Gasteiger partial charge in [0.25, 0.3) is 11.5 Å². The molecule has 0 bridgehead atoms. The molecule has 1 saturated heterocycles. The summed E-state index contributed by atoms with van der Waals surface area (Å²) in [6.07, 6.45) is 1.77. The molecule has 1 aromatic heterocycles. The number of benzene rings is 3. The Labute approximate surface area is 194 Å². The lowest BCUT2D eigenvalue weighted by Crippen LogP contribution is -2.28. The van der Waals surface area contributed by atoms with Crippen molar-refractivity contribution in [1.29, 1.82) is 0 Å². The summed E-state index contributed by atoms with van der Waals surface area (Å²) in [7, 11) is 0. The van der Waals surface area contributed by atoms with E-state index in [9.17, 15) is 18.4 Å². The molecule has 1 N–H and O–H groups in total. The van der Waals surface area contributed by atoms with Crippen molar-refractivity contribution in [2.45, 2.75) is 19.4 Å². The summed E-state index contributed by atoms with van der Waals surface area (Å²) in [6.45, 7) is 1.37. The van der Waals surface area contributed by atoms with Crippen LogP contribution in [0.3, 0.4) is 0 Å². The Morgan fingerprint density at radius 2 is 1.53 bits per heavy atom. The van der Waals surface area contributed by atoms with E-state index in [4.69, 9.17) is 0 Å². The lowest BCUT2D eigenvalue weighted by molar-refractivity contribution is 0.102. The van der Waals surface area contributed by atoms with Crippen molar-refractivity contribution in [2.24, 2.45) is 0 Å². The average Bonchev–Trinajstić information content (AvgIpc) is 3.35. The molecule has 4 aromatic rings. The molecule has 0 atom stereocenters. The van der Waals surface area contributed by atoms with Gasteiger partial charge in [-0.1, -0.05) is 48.5 Å². The number of amides is 1. The molecule has 1 aliphatic heterocycles. The van der Waals surface area contributed by atoms with Gasteiger partial charge in [-0.3, -0.25) is 9.59 Å². The Morgan fingerprint density at radius 3 is 2.21 bits per heavy atom. The number of nitrogens with one attached hydrogen (secondary N) is 1. The van der Waals surface area contributed by atoms with E-state index in [0.717, 1.165) is 30.5 Å². The molecule has 0 aliphatic carbocycles. The highest BCUT2D eigenvalue weighted by Crippen LogP contribution is 2.30. The zero-order chi connectivity index (χ0) is 23.7. The summed E-state index contributed by atoms with van der Waals surface area (Å²) in [5.74, 6) is -2.13. The zero-order valence-electron chi connectivity index (χ0n) is 18.3. The molecule has 1 aliphatic rings. The molecule has 34 heavy (non-hydrogen) atoms. The minimum absolute atomic E-state index is 0.00410. The largest absolute Gasteiger partial charge is 0.367 e. The second-order valence-corrected chi connectivity index (χ2v) is 8.28. The van der Waals surface area contributed by atoms with Gasteiger partial charge in [-0.2, -0.15) is 5.10 Å². The van der Waals surface area contributed by atoms with E-state index in [-0.39, 0.29) is 29.2 Å². The molecular weight excluding hydrogens is 438 g/mol. The van der Waals surface area contributed by atoms with Crippen LogP contribution in [0.2, 0.25) is 0 Å². The number of nitrogens with zero attached hydrogens (tertiary/aromatic N) is 3. The fourth-order valence-electron chi connectivity index (χ4n) is 4.34. The monoisotopic (exact) mass is 460 g/mol. The number of hydrogen-bond acceptors (Lipinski definition) is 4. The number of fused-ring (bicyclic) bond motifs is 1. The predicted octanol–water partition coefficient (Wildman–Crippen LogP) is 4.58. The minimum atomic E-state index is -0.732. The van der Waals surface area contributed by atoms with Gasteiger partial charge in [0.15, 0.2) is 17.3 Å². The molecule has 5 rings (SSSR count). The molecule has 0 spiro atoms. The van der Waals surface area contributed by atoms with E-state index in [1.807, 2.05) is 30.3 Å². The average molecular weight is 460 g/mol. The number of carbonyl (C=O) groups excluding carboxylic acids is 1. The third-order valence-electron chi connectivity index (χ3n) is 5.96. The van der Waals surface area contributed by atoms with Crippen molar-refractivity contribution in [3.63, 3.8) is 0 Å². The van der Waals surface area contributed by atoms with Crippen LogP contribution in [0, 0.1) is 11.6 Å². The Kier molecular flexibility index (Phi) is 5.79. The van der Waals surface area contributed by atoms with Gasteiger partial charge in [0.2, 0.25) is 0 Å². The lowest BCUT2D eigenvalue weighted by Gasteiger charge is -2.20. The third-order valence-corrected chi connectivity index (χ3v) is 5.96.